The lowest BCUT2D eigenvalue weighted by molar-refractivity contribution is -0.130. The minimum Gasteiger partial charge on any atom is -0.395 e. The van der Waals surface area contributed by atoms with Gasteiger partial charge in [0, 0.05) is 12.6 Å². The molecule has 0 aliphatic carbocycles. The van der Waals surface area contributed by atoms with E-state index in [1.165, 1.54) is 0 Å². The van der Waals surface area contributed by atoms with Crippen molar-refractivity contribution in [3.05, 3.63) is 0 Å². The third-order valence-corrected chi connectivity index (χ3v) is 1.63. The van der Waals surface area contributed by atoms with Crippen molar-refractivity contribution in [2.45, 2.75) is 19.9 Å². The van der Waals surface area contributed by atoms with Crippen molar-refractivity contribution in [3.63, 3.8) is 0 Å². The molecule has 3 nitrogen and oxygen atoms in total. The van der Waals surface area contributed by atoms with Crippen molar-refractivity contribution in [2.75, 3.05) is 19.0 Å². The second-order valence-electron chi connectivity index (χ2n) is 2.54. The van der Waals surface area contributed by atoms with Crippen molar-refractivity contribution in [1.29, 1.82) is 0 Å². The molecule has 0 fully saturated rings. The quantitative estimate of drug-likeness (QED) is 0.637. The number of hydrogen-bond donors (Lipinski definition) is 1. The molecule has 0 saturated carbocycles. The summed E-state index contributed by atoms with van der Waals surface area (Å²) >= 11 is 5.35. The summed E-state index contributed by atoms with van der Waals surface area (Å²) in [5.41, 5.74) is 0. The number of carbonyl (C=O) groups is 1. The van der Waals surface area contributed by atoms with Crippen LogP contribution in [-0.2, 0) is 4.79 Å². The van der Waals surface area contributed by atoms with Gasteiger partial charge in [-0.2, -0.15) is 0 Å². The molecule has 0 saturated heterocycles. The summed E-state index contributed by atoms with van der Waals surface area (Å²) in [6.45, 7) is 4.13. The molecule has 0 aromatic heterocycles. The van der Waals surface area contributed by atoms with Crippen LogP contribution in [0.2, 0.25) is 0 Å². The number of nitrogens with zero attached hydrogens (tertiary/aromatic N) is 1. The highest BCUT2D eigenvalue weighted by Crippen LogP contribution is 1.99. The Hall–Kier alpha value is -0.280. The van der Waals surface area contributed by atoms with E-state index in [4.69, 9.17) is 16.7 Å². The highest BCUT2D eigenvalue weighted by molar-refractivity contribution is 6.27. The van der Waals surface area contributed by atoms with Crippen LogP contribution in [0.1, 0.15) is 13.8 Å². The average molecular weight is 180 g/mol. The lowest BCUT2D eigenvalue weighted by Gasteiger charge is -2.24. The Kier molecular flexibility index (Phi) is 5.24. The molecule has 0 bridgehead atoms. The fourth-order valence-electron chi connectivity index (χ4n) is 0.855. The van der Waals surface area contributed by atoms with Crippen molar-refractivity contribution in [3.8, 4) is 0 Å². The number of carbonyl (C=O) groups excluding carboxylic acids is 1. The standard InChI is InChI=1S/C7H14ClNO2/c1-6(2)9(3-4-10)7(11)5-8/h6,10H,3-5H2,1-2H3. The van der Waals surface area contributed by atoms with Gasteiger partial charge in [0.15, 0.2) is 0 Å². The Bertz CT molecular complexity index is 128. The average Bonchev–Trinajstić information content (AvgIpc) is 1.98. The molecule has 0 aromatic rings. The van der Waals surface area contributed by atoms with Gasteiger partial charge in [-0.05, 0) is 13.8 Å². The lowest BCUT2D eigenvalue weighted by Crippen LogP contribution is -2.39. The second-order valence-corrected chi connectivity index (χ2v) is 2.81. The maximum Gasteiger partial charge on any atom is 0.237 e. The number of alkyl halides is 1. The monoisotopic (exact) mass is 179 g/mol. The van der Waals surface area contributed by atoms with Gasteiger partial charge >= 0.3 is 0 Å². The largest absolute Gasteiger partial charge is 0.395 e. The number of hydrogen-bond acceptors (Lipinski definition) is 2. The summed E-state index contributed by atoms with van der Waals surface area (Å²) < 4.78 is 0. The van der Waals surface area contributed by atoms with Crippen LogP contribution < -0.4 is 0 Å². The molecule has 0 aliphatic heterocycles. The van der Waals surface area contributed by atoms with Crippen LogP contribution in [0.15, 0.2) is 0 Å². The fraction of sp³-hybridized carbons (Fsp3) is 0.857. The van der Waals surface area contributed by atoms with Crippen molar-refractivity contribution in [1.82, 2.24) is 4.90 Å². The summed E-state index contributed by atoms with van der Waals surface area (Å²) in [7, 11) is 0. The summed E-state index contributed by atoms with van der Waals surface area (Å²) in [5.74, 6) is -0.145. The van der Waals surface area contributed by atoms with Gasteiger partial charge in [0.25, 0.3) is 0 Å². The molecule has 4 heteroatoms. The van der Waals surface area contributed by atoms with Gasteiger partial charge in [-0.3, -0.25) is 4.79 Å². The predicted molar refractivity (Wildman–Crippen MR) is 44.7 cm³/mol. The van der Waals surface area contributed by atoms with E-state index in [2.05, 4.69) is 0 Å². The summed E-state index contributed by atoms with van der Waals surface area (Å²) in [6, 6.07) is 0.105. The Morgan fingerprint density at radius 1 is 1.64 bits per heavy atom. The first kappa shape index (κ1) is 10.7. The lowest BCUT2D eigenvalue weighted by atomic mass is 10.3. The SMILES string of the molecule is CC(C)N(CCO)C(=O)CCl. The van der Waals surface area contributed by atoms with E-state index in [9.17, 15) is 4.79 Å². The van der Waals surface area contributed by atoms with Gasteiger partial charge in [-0.25, -0.2) is 0 Å². The van der Waals surface area contributed by atoms with Crippen molar-refractivity contribution < 1.29 is 9.90 Å². The molecule has 0 heterocycles. The van der Waals surface area contributed by atoms with Crippen LogP contribution >= 0.6 is 11.6 Å². The molecular formula is C7H14ClNO2. The second kappa shape index (κ2) is 5.38. The zero-order valence-electron chi connectivity index (χ0n) is 6.88. The molecule has 0 aromatic carbocycles. The van der Waals surface area contributed by atoms with Gasteiger partial charge in [0.1, 0.15) is 5.88 Å². The maximum absolute atomic E-state index is 11.0. The summed E-state index contributed by atoms with van der Waals surface area (Å²) in [6.07, 6.45) is 0. The van der Waals surface area contributed by atoms with E-state index in [0.717, 1.165) is 0 Å². The zero-order chi connectivity index (χ0) is 8.85. The first-order chi connectivity index (χ1) is 5.13. The van der Waals surface area contributed by atoms with Crippen LogP contribution in [0, 0.1) is 0 Å². The Morgan fingerprint density at radius 3 is 2.45 bits per heavy atom. The van der Waals surface area contributed by atoms with Crippen LogP contribution in [0.5, 0.6) is 0 Å². The van der Waals surface area contributed by atoms with Crippen LogP contribution in [-0.4, -0.2) is 41.0 Å². The molecule has 0 spiro atoms. The van der Waals surface area contributed by atoms with E-state index in [1.807, 2.05) is 13.8 Å². The van der Waals surface area contributed by atoms with Gasteiger partial charge in [0.05, 0.1) is 6.61 Å². The molecule has 0 rings (SSSR count). The third kappa shape index (κ3) is 3.58. The zero-order valence-corrected chi connectivity index (χ0v) is 7.64. The van der Waals surface area contributed by atoms with E-state index >= 15 is 0 Å². The highest BCUT2D eigenvalue weighted by atomic mass is 35.5. The summed E-state index contributed by atoms with van der Waals surface area (Å²) in [5, 5.41) is 8.59. The smallest absolute Gasteiger partial charge is 0.237 e. The number of aliphatic hydroxyl groups excluding tert-OH is 1. The first-order valence-corrected chi connectivity index (χ1v) is 4.13. The van der Waals surface area contributed by atoms with E-state index < -0.39 is 0 Å². The molecule has 0 radical (unpaired) electrons. The molecular weight excluding hydrogens is 166 g/mol. The molecule has 0 aliphatic rings. The van der Waals surface area contributed by atoms with E-state index in [-0.39, 0.29) is 24.4 Å². The number of rotatable bonds is 4. The predicted octanol–water partition coefficient (Wildman–Crippen LogP) is 0.454. The van der Waals surface area contributed by atoms with Crippen molar-refractivity contribution >= 4 is 17.5 Å². The van der Waals surface area contributed by atoms with Gasteiger partial charge < -0.3 is 10.0 Å². The topological polar surface area (TPSA) is 40.5 Å². The molecule has 1 amide bonds. The van der Waals surface area contributed by atoms with Crippen LogP contribution in [0.25, 0.3) is 0 Å². The first-order valence-electron chi connectivity index (χ1n) is 3.59. The van der Waals surface area contributed by atoms with E-state index in [1.54, 1.807) is 4.90 Å². The Morgan fingerprint density at radius 2 is 2.18 bits per heavy atom. The minimum atomic E-state index is -0.129. The summed E-state index contributed by atoms with van der Waals surface area (Å²) in [4.78, 5) is 12.6. The highest BCUT2D eigenvalue weighted by Gasteiger charge is 2.14. The number of aliphatic hydroxyl groups is 1. The maximum atomic E-state index is 11.0. The van der Waals surface area contributed by atoms with Gasteiger partial charge in [-0.15, -0.1) is 11.6 Å². The number of amides is 1. The van der Waals surface area contributed by atoms with Crippen molar-refractivity contribution in [2.24, 2.45) is 0 Å². The van der Waals surface area contributed by atoms with Crippen LogP contribution in [0.4, 0.5) is 0 Å². The molecule has 66 valence electrons. The van der Waals surface area contributed by atoms with Gasteiger partial charge in [-0.1, -0.05) is 0 Å². The molecule has 11 heavy (non-hydrogen) atoms. The van der Waals surface area contributed by atoms with E-state index in [0.29, 0.717) is 6.54 Å². The molecule has 0 unspecified atom stereocenters. The molecule has 0 atom stereocenters. The Labute approximate surface area is 71.9 Å². The Balaban J connectivity index is 3.98. The third-order valence-electron chi connectivity index (χ3n) is 1.40. The minimum absolute atomic E-state index is 0.0131. The van der Waals surface area contributed by atoms with Crippen LogP contribution in [0.3, 0.4) is 0 Å². The molecule has 1 N–H and O–H groups in total. The van der Waals surface area contributed by atoms with Gasteiger partial charge in [0.2, 0.25) is 5.91 Å². The fourth-order valence-corrected chi connectivity index (χ4v) is 1.01. The number of halogens is 1. The normalized spacial score (nSPS) is 10.3.